The highest BCUT2D eigenvalue weighted by molar-refractivity contribution is 6.25. The van der Waals surface area contributed by atoms with Crippen LogP contribution in [0.3, 0.4) is 0 Å². The van der Waals surface area contributed by atoms with Gasteiger partial charge in [0.25, 0.3) is 24.1 Å². The van der Waals surface area contributed by atoms with Crippen molar-refractivity contribution in [3.05, 3.63) is 65.2 Å². The fourth-order valence-corrected chi connectivity index (χ4v) is 9.70. The predicted octanol–water partition coefficient (Wildman–Crippen LogP) is 4.44. The van der Waals surface area contributed by atoms with Gasteiger partial charge < -0.3 is 25.2 Å². The normalized spacial score (nSPS) is 24.8. The lowest BCUT2D eigenvalue weighted by molar-refractivity contribution is -0.136. The van der Waals surface area contributed by atoms with Gasteiger partial charge in [0.05, 0.1) is 42.1 Å². The minimum absolute atomic E-state index is 0.0641. The first-order valence-corrected chi connectivity index (χ1v) is 21.2. The number of halogens is 2. The second-order valence-electron chi connectivity index (χ2n) is 16.8. The van der Waals surface area contributed by atoms with Crippen LogP contribution in [0.2, 0.25) is 0 Å². The number of amides is 5. The minimum atomic E-state index is -2.93. The fourth-order valence-electron chi connectivity index (χ4n) is 9.70. The summed E-state index contributed by atoms with van der Waals surface area (Å²) < 4.78 is 37.1. The number of piperidine rings is 1. The molecule has 1 aromatic carbocycles. The van der Waals surface area contributed by atoms with E-state index in [2.05, 4.69) is 43.0 Å². The third kappa shape index (κ3) is 8.07. The number of benzene rings is 1. The van der Waals surface area contributed by atoms with Crippen molar-refractivity contribution in [2.75, 3.05) is 55.4 Å². The molecule has 9 rings (SSSR count). The first kappa shape index (κ1) is 40.6. The van der Waals surface area contributed by atoms with Crippen molar-refractivity contribution < 1.29 is 37.5 Å². The molecule has 0 bridgehead atoms. The molecule has 2 aliphatic carbocycles. The van der Waals surface area contributed by atoms with Crippen molar-refractivity contribution in [1.29, 1.82) is 0 Å². The molecular weight excluding hydrogens is 793 g/mol. The first-order chi connectivity index (χ1) is 29.5. The van der Waals surface area contributed by atoms with Gasteiger partial charge in [0.2, 0.25) is 11.8 Å². The molecule has 19 heteroatoms. The highest BCUT2D eigenvalue weighted by atomic mass is 19.3. The minimum Gasteiger partial charge on any atom is -0.382 e. The van der Waals surface area contributed by atoms with Crippen LogP contribution in [0.5, 0.6) is 0 Å². The van der Waals surface area contributed by atoms with Gasteiger partial charge in [0.1, 0.15) is 23.2 Å². The summed E-state index contributed by atoms with van der Waals surface area (Å²) in [4.78, 5) is 74.8. The summed E-state index contributed by atoms with van der Waals surface area (Å²) in [6.07, 6.45) is 8.85. The number of alkyl halides is 2. The third-order valence-corrected chi connectivity index (χ3v) is 13.0. The smallest absolute Gasteiger partial charge is 0.282 e. The van der Waals surface area contributed by atoms with E-state index in [9.17, 15) is 32.8 Å². The number of carbonyl (C=O) groups is 5. The van der Waals surface area contributed by atoms with Gasteiger partial charge in [-0.25, -0.2) is 18.3 Å². The number of carbonyl (C=O) groups excluding carboxylic acids is 5. The van der Waals surface area contributed by atoms with Crippen LogP contribution in [0.15, 0.2) is 42.9 Å². The van der Waals surface area contributed by atoms with Crippen molar-refractivity contribution in [3.63, 3.8) is 0 Å². The molecule has 3 aromatic heterocycles. The average molecular weight is 842 g/mol. The van der Waals surface area contributed by atoms with Gasteiger partial charge in [-0.3, -0.25) is 38.9 Å². The van der Waals surface area contributed by atoms with Crippen LogP contribution in [-0.4, -0.2) is 122 Å². The quantitative estimate of drug-likeness (QED) is 0.181. The van der Waals surface area contributed by atoms with Crippen LogP contribution < -0.4 is 20.9 Å². The highest BCUT2D eigenvalue weighted by Gasteiger charge is 2.46. The SMILES string of the molecule is CN(C[C@H]1CC[C@H](n2cc(C(=O)Nc3cnn4ccc(N5CCOCC5)nc34)c(C(F)F)n2)CC1)[C@H]1CC[C@H](Nc2cccc3c2C(=O)N(C2CCC(=O)NC2=O)C3=O)CC1. The van der Waals surface area contributed by atoms with Gasteiger partial charge in [-0.15, -0.1) is 0 Å². The van der Waals surface area contributed by atoms with Gasteiger partial charge in [0.15, 0.2) is 5.65 Å². The molecule has 17 nitrogen and oxygen atoms in total. The summed E-state index contributed by atoms with van der Waals surface area (Å²) in [6.45, 7) is 3.45. The molecule has 322 valence electrons. The standard InChI is InChI=1S/C42H49F2N11O6/c1-51(26-11-7-25(8-12-26)46-30-4-2-3-28-35(30)42(60)55(41(28)59)32-13-14-34(56)49-40(32)58)22-24-5-9-27(10-6-24)54-23-29(36(50-54)37(43)44)39(57)47-31-21-45-53-16-15-33(48-38(31)53)52-17-19-61-20-18-52/h2-4,15-16,21,23-27,32,37,46H,5-14,17-20,22H2,1H3,(H,47,57)(H,49,56,58)/t24-,25-,26-,27-,32?. The number of hydrogen-bond donors (Lipinski definition) is 3. The number of fused-ring (bicyclic) bond motifs is 2. The summed E-state index contributed by atoms with van der Waals surface area (Å²) in [5.41, 5.74) is 1.11. The van der Waals surface area contributed by atoms with Crippen molar-refractivity contribution in [3.8, 4) is 0 Å². The molecule has 3 aliphatic heterocycles. The van der Waals surface area contributed by atoms with Crippen LogP contribution in [0.4, 0.5) is 26.0 Å². The van der Waals surface area contributed by atoms with E-state index in [1.807, 2.05) is 6.07 Å². The zero-order valence-electron chi connectivity index (χ0n) is 33.9. The number of imide groups is 2. The van der Waals surface area contributed by atoms with Crippen molar-refractivity contribution in [2.45, 2.75) is 94.8 Å². The lowest BCUT2D eigenvalue weighted by Crippen LogP contribution is -2.54. The first-order valence-electron chi connectivity index (χ1n) is 21.2. The second-order valence-corrected chi connectivity index (χ2v) is 16.8. The molecule has 2 saturated heterocycles. The van der Waals surface area contributed by atoms with Crippen molar-refractivity contribution >= 4 is 52.4 Å². The van der Waals surface area contributed by atoms with Crippen LogP contribution >= 0.6 is 0 Å². The number of aromatic nitrogens is 5. The number of anilines is 3. The lowest BCUT2D eigenvalue weighted by Gasteiger charge is -2.38. The number of nitrogens with one attached hydrogen (secondary N) is 3. The van der Waals surface area contributed by atoms with Gasteiger partial charge in [0, 0.05) is 56.2 Å². The van der Waals surface area contributed by atoms with Crippen LogP contribution in [0, 0.1) is 5.92 Å². The van der Waals surface area contributed by atoms with Crippen molar-refractivity contribution in [2.24, 2.45) is 5.92 Å². The Morgan fingerprint density at radius 2 is 1.74 bits per heavy atom. The molecule has 4 aromatic rings. The van der Waals surface area contributed by atoms with Crippen molar-refractivity contribution in [1.82, 2.24) is 39.5 Å². The molecule has 4 fully saturated rings. The Kier molecular flexibility index (Phi) is 11.3. The zero-order chi connectivity index (χ0) is 42.4. The Balaban J connectivity index is 0.768. The van der Waals surface area contributed by atoms with E-state index in [4.69, 9.17) is 9.72 Å². The summed E-state index contributed by atoms with van der Waals surface area (Å²) in [5.74, 6) is -1.64. The Morgan fingerprint density at radius 1 is 0.967 bits per heavy atom. The second kappa shape index (κ2) is 16.9. The van der Waals surface area contributed by atoms with Gasteiger partial charge in [-0.05, 0) is 89.0 Å². The van der Waals surface area contributed by atoms with E-state index in [1.165, 1.54) is 16.9 Å². The van der Waals surface area contributed by atoms with Crippen LogP contribution in [0.25, 0.3) is 5.65 Å². The van der Waals surface area contributed by atoms with E-state index in [0.717, 1.165) is 62.8 Å². The van der Waals surface area contributed by atoms with E-state index in [-0.39, 0.29) is 41.6 Å². The Bertz CT molecular complexity index is 2350. The molecule has 6 heterocycles. The lowest BCUT2D eigenvalue weighted by atomic mass is 9.84. The Labute approximate surface area is 350 Å². The zero-order valence-corrected chi connectivity index (χ0v) is 33.9. The number of ether oxygens (including phenoxy) is 1. The summed E-state index contributed by atoms with van der Waals surface area (Å²) >= 11 is 0. The molecule has 5 aliphatic rings. The van der Waals surface area contributed by atoms with Gasteiger partial charge >= 0.3 is 0 Å². The number of rotatable bonds is 11. The van der Waals surface area contributed by atoms with Gasteiger partial charge in [-0.2, -0.15) is 10.2 Å². The number of morpholine rings is 1. The molecule has 61 heavy (non-hydrogen) atoms. The Hall–Kier alpha value is -5.82. The maximum absolute atomic E-state index is 14.3. The van der Waals surface area contributed by atoms with Crippen LogP contribution in [0.1, 0.15) is 113 Å². The van der Waals surface area contributed by atoms with E-state index >= 15 is 0 Å². The summed E-state index contributed by atoms with van der Waals surface area (Å²) in [7, 11) is 2.15. The molecule has 0 radical (unpaired) electrons. The van der Waals surface area contributed by atoms with E-state index in [0.29, 0.717) is 61.1 Å². The third-order valence-electron chi connectivity index (χ3n) is 13.0. The van der Waals surface area contributed by atoms with Crippen LogP contribution in [-0.2, 0) is 14.3 Å². The molecule has 3 N–H and O–H groups in total. The molecule has 1 atom stereocenters. The largest absolute Gasteiger partial charge is 0.382 e. The maximum Gasteiger partial charge on any atom is 0.282 e. The van der Waals surface area contributed by atoms with Gasteiger partial charge in [-0.1, -0.05) is 6.07 Å². The summed E-state index contributed by atoms with van der Waals surface area (Å²) in [5, 5.41) is 17.0. The number of hydrogen-bond acceptors (Lipinski definition) is 12. The average Bonchev–Trinajstić information content (AvgIpc) is 3.96. The number of nitrogens with zero attached hydrogens (tertiary/aromatic N) is 8. The molecule has 1 unspecified atom stereocenters. The Morgan fingerprint density at radius 3 is 2.48 bits per heavy atom. The predicted molar refractivity (Wildman–Crippen MR) is 218 cm³/mol. The molecular formula is C42H49F2N11O6. The fraction of sp³-hybridized carbons (Fsp3) is 0.524. The molecule has 5 amide bonds. The molecule has 0 spiro atoms. The monoisotopic (exact) mass is 841 g/mol. The van der Waals surface area contributed by atoms with E-state index in [1.54, 1.807) is 29.1 Å². The highest BCUT2D eigenvalue weighted by Crippen LogP contribution is 2.37. The molecule has 2 saturated carbocycles. The van der Waals surface area contributed by atoms with E-state index < -0.39 is 47.7 Å². The maximum atomic E-state index is 14.3. The summed E-state index contributed by atoms with van der Waals surface area (Å²) in [6, 6.07) is 6.32. The topological polar surface area (TPSA) is 188 Å².